The molecule has 4 rings (SSSR count). The maximum atomic E-state index is 13.9. The molecular weight excluding hydrogens is 498 g/mol. The van der Waals surface area contributed by atoms with Gasteiger partial charge in [0.15, 0.2) is 4.80 Å². The van der Waals surface area contributed by atoms with E-state index in [4.69, 9.17) is 26.1 Å². The first-order valence-electron chi connectivity index (χ1n) is 11.6. The van der Waals surface area contributed by atoms with Gasteiger partial charge < -0.3 is 14.4 Å². The lowest BCUT2D eigenvalue weighted by atomic mass is 9.94. The van der Waals surface area contributed by atoms with Crippen molar-refractivity contribution in [1.82, 2.24) is 9.47 Å². The summed E-state index contributed by atoms with van der Waals surface area (Å²) in [6.45, 7) is 6.77. The van der Waals surface area contributed by atoms with E-state index in [-0.39, 0.29) is 11.5 Å². The molecule has 0 radical (unpaired) electrons. The largest absolute Gasteiger partial charge is 0.496 e. The molecule has 0 N–H and O–H groups in total. The lowest BCUT2D eigenvalue weighted by molar-refractivity contribution is -0.127. The minimum absolute atomic E-state index is 0.150. The van der Waals surface area contributed by atoms with Crippen LogP contribution in [0.25, 0.3) is 6.08 Å². The van der Waals surface area contributed by atoms with E-state index in [2.05, 4.69) is 0 Å². The van der Waals surface area contributed by atoms with E-state index < -0.39 is 6.04 Å². The third kappa shape index (κ3) is 4.58. The molecule has 0 saturated heterocycles. The normalized spacial score (nSPS) is 15.4. The van der Waals surface area contributed by atoms with Gasteiger partial charge in [-0.25, -0.2) is 4.99 Å². The van der Waals surface area contributed by atoms with Crippen LogP contribution in [0.3, 0.4) is 0 Å². The molecular formula is C27H28ClN3O4S. The van der Waals surface area contributed by atoms with E-state index in [1.54, 1.807) is 48.0 Å². The zero-order valence-corrected chi connectivity index (χ0v) is 22.4. The van der Waals surface area contributed by atoms with Crippen LogP contribution in [0.15, 0.2) is 63.5 Å². The van der Waals surface area contributed by atoms with Crippen LogP contribution in [0, 0.1) is 0 Å². The Bertz CT molecular complexity index is 1520. The number of carbonyl (C=O) groups excluding carboxylic acids is 1. The van der Waals surface area contributed by atoms with Gasteiger partial charge in [-0.3, -0.25) is 14.2 Å². The number of halogens is 1. The molecule has 0 bridgehead atoms. The van der Waals surface area contributed by atoms with Gasteiger partial charge in [0.25, 0.3) is 11.5 Å². The highest BCUT2D eigenvalue weighted by Crippen LogP contribution is 2.36. The zero-order valence-electron chi connectivity index (χ0n) is 20.9. The van der Waals surface area contributed by atoms with Gasteiger partial charge in [-0.2, -0.15) is 0 Å². The Morgan fingerprint density at radius 2 is 1.83 bits per heavy atom. The predicted octanol–water partition coefficient (Wildman–Crippen LogP) is 3.77. The lowest BCUT2D eigenvalue weighted by Gasteiger charge is -2.29. The molecule has 7 nitrogen and oxygen atoms in total. The second kappa shape index (κ2) is 10.7. The van der Waals surface area contributed by atoms with E-state index in [0.29, 0.717) is 55.8 Å². The maximum Gasteiger partial charge on any atom is 0.271 e. The van der Waals surface area contributed by atoms with Crippen LogP contribution in [0.5, 0.6) is 11.5 Å². The molecule has 0 unspecified atom stereocenters. The summed E-state index contributed by atoms with van der Waals surface area (Å²) in [7, 11) is 3.15. The molecule has 2 heterocycles. The molecule has 0 spiro atoms. The number of rotatable bonds is 7. The SMILES string of the molecule is CCN(CC)C(=O)C1=C(C)N=c2s/c(=C/c3cc(Cl)ccc3OC)c(=O)n2[C@H]1c1ccccc1OC. The number of nitrogens with zero attached hydrogens (tertiary/aromatic N) is 3. The fourth-order valence-electron chi connectivity index (χ4n) is 4.42. The van der Waals surface area contributed by atoms with Gasteiger partial charge in [0.1, 0.15) is 17.5 Å². The fraction of sp³-hybridized carbons (Fsp3) is 0.296. The molecule has 3 aromatic rings. The van der Waals surface area contributed by atoms with Crippen molar-refractivity contribution in [3.63, 3.8) is 0 Å². The summed E-state index contributed by atoms with van der Waals surface area (Å²) in [5, 5.41) is 0.532. The molecule has 1 amide bonds. The number of benzene rings is 2. The summed E-state index contributed by atoms with van der Waals surface area (Å²) in [5.41, 5.74) is 2.18. The van der Waals surface area contributed by atoms with Crippen molar-refractivity contribution in [2.24, 2.45) is 4.99 Å². The Kier molecular flexibility index (Phi) is 7.66. The number of allylic oxidation sites excluding steroid dienone is 1. The van der Waals surface area contributed by atoms with Crippen molar-refractivity contribution < 1.29 is 14.3 Å². The molecule has 9 heteroatoms. The minimum Gasteiger partial charge on any atom is -0.496 e. The highest BCUT2D eigenvalue weighted by atomic mass is 35.5. The number of para-hydroxylation sites is 1. The molecule has 0 aliphatic carbocycles. The Labute approximate surface area is 218 Å². The van der Waals surface area contributed by atoms with Crippen molar-refractivity contribution >= 4 is 34.9 Å². The van der Waals surface area contributed by atoms with Crippen LogP contribution >= 0.6 is 22.9 Å². The first-order valence-corrected chi connectivity index (χ1v) is 12.8. The van der Waals surface area contributed by atoms with Gasteiger partial charge in [-0.05, 0) is 51.1 Å². The van der Waals surface area contributed by atoms with Crippen LogP contribution in [0.2, 0.25) is 5.02 Å². The molecule has 36 heavy (non-hydrogen) atoms. The summed E-state index contributed by atoms with van der Waals surface area (Å²) in [4.78, 5) is 34.6. The Morgan fingerprint density at radius 3 is 2.50 bits per heavy atom. The molecule has 1 atom stereocenters. The van der Waals surface area contributed by atoms with E-state index in [0.717, 1.165) is 5.56 Å². The molecule has 0 fully saturated rings. The molecule has 188 valence electrons. The highest BCUT2D eigenvalue weighted by Gasteiger charge is 2.35. The van der Waals surface area contributed by atoms with Gasteiger partial charge in [-0.1, -0.05) is 41.1 Å². The van der Waals surface area contributed by atoms with Crippen molar-refractivity contribution in [3.8, 4) is 11.5 Å². The fourth-order valence-corrected chi connectivity index (χ4v) is 5.64. The number of amides is 1. The summed E-state index contributed by atoms with van der Waals surface area (Å²) in [5.74, 6) is 1.04. The number of hydrogen-bond donors (Lipinski definition) is 0. The van der Waals surface area contributed by atoms with Gasteiger partial charge in [0.2, 0.25) is 0 Å². The number of likely N-dealkylation sites (N-methyl/N-ethyl adjacent to an activating group) is 1. The first-order chi connectivity index (χ1) is 17.3. The van der Waals surface area contributed by atoms with E-state index in [9.17, 15) is 9.59 Å². The van der Waals surface area contributed by atoms with Gasteiger partial charge >= 0.3 is 0 Å². The number of hydrogen-bond acceptors (Lipinski definition) is 6. The third-order valence-corrected chi connectivity index (χ3v) is 7.43. The van der Waals surface area contributed by atoms with E-state index >= 15 is 0 Å². The summed E-state index contributed by atoms with van der Waals surface area (Å²) < 4.78 is 13.2. The van der Waals surface area contributed by atoms with Crippen LogP contribution in [-0.4, -0.2) is 42.7 Å². The Hall–Kier alpha value is -3.36. The zero-order chi connectivity index (χ0) is 26.0. The van der Waals surface area contributed by atoms with Gasteiger partial charge in [0.05, 0.1) is 30.0 Å². The summed E-state index contributed by atoms with van der Waals surface area (Å²) >= 11 is 7.47. The summed E-state index contributed by atoms with van der Waals surface area (Å²) in [6, 6.07) is 12.0. The van der Waals surface area contributed by atoms with E-state index in [1.165, 1.54) is 11.3 Å². The Morgan fingerprint density at radius 1 is 1.14 bits per heavy atom. The van der Waals surface area contributed by atoms with Crippen molar-refractivity contribution in [2.75, 3.05) is 27.3 Å². The number of carbonyl (C=O) groups is 1. The maximum absolute atomic E-state index is 13.9. The predicted molar refractivity (Wildman–Crippen MR) is 143 cm³/mol. The van der Waals surface area contributed by atoms with Crippen molar-refractivity contribution in [1.29, 1.82) is 0 Å². The minimum atomic E-state index is -0.686. The van der Waals surface area contributed by atoms with Gasteiger partial charge in [-0.15, -0.1) is 0 Å². The molecule has 0 saturated carbocycles. The molecule has 1 aliphatic rings. The van der Waals surface area contributed by atoms with Crippen LogP contribution in [0.4, 0.5) is 0 Å². The number of fused-ring (bicyclic) bond motifs is 1. The van der Waals surface area contributed by atoms with E-state index in [1.807, 2.05) is 45.0 Å². The molecule has 2 aromatic carbocycles. The topological polar surface area (TPSA) is 73.1 Å². The van der Waals surface area contributed by atoms with Crippen LogP contribution < -0.4 is 24.4 Å². The quantitative estimate of drug-likeness (QED) is 0.470. The van der Waals surface area contributed by atoms with Crippen LogP contribution in [0.1, 0.15) is 37.9 Å². The van der Waals surface area contributed by atoms with Crippen LogP contribution in [-0.2, 0) is 4.79 Å². The number of methoxy groups -OCH3 is 2. The average molecular weight is 526 g/mol. The number of thiazole rings is 1. The lowest BCUT2D eigenvalue weighted by Crippen LogP contribution is -2.43. The first kappa shape index (κ1) is 25.7. The number of aromatic nitrogens is 1. The average Bonchev–Trinajstić information content (AvgIpc) is 3.18. The van der Waals surface area contributed by atoms with Crippen molar-refractivity contribution in [3.05, 3.63) is 89.6 Å². The second-order valence-electron chi connectivity index (χ2n) is 8.19. The third-order valence-electron chi connectivity index (χ3n) is 6.21. The molecule has 1 aromatic heterocycles. The molecule has 1 aliphatic heterocycles. The number of ether oxygens (including phenoxy) is 2. The Balaban J connectivity index is 2.02. The second-order valence-corrected chi connectivity index (χ2v) is 9.63. The summed E-state index contributed by atoms with van der Waals surface area (Å²) in [6.07, 6.45) is 1.75. The van der Waals surface area contributed by atoms with Gasteiger partial charge in [0, 0.05) is 29.2 Å². The van der Waals surface area contributed by atoms with Crippen molar-refractivity contribution in [2.45, 2.75) is 26.8 Å². The standard InChI is InChI=1S/C27H28ClN3O4S/c1-6-30(7-2)26(33)23-16(3)29-27-31(24(23)19-10-8-9-11-21(19)35-5)25(32)22(36-27)15-17-14-18(28)12-13-20(17)34-4/h8-15,24H,6-7H2,1-5H3/b22-15+/t24-/m0/s1. The monoisotopic (exact) mass is 525 g/mol. The smallest absolute Gasteiger partial charge is 0.271 e. The highest BCUT2D eigenvalue weighted by molar-refractivity contribution is 7.07.